The maximum atomic E-state index is 12.3. The van der Waals surface area contributed by atoms with Crippen LogP contribution in [0.25, 0.3) is 0 Å². The molecule has 1 rings (SSSR count). The smallest absolute Gasteiger partial charge is 0.404 e. The third kappa shape index (κ3) is 11.9. The van der Waals surface area contributed by atoms with Gasteiger partial charge in [-0.1, -0.05) is 88.4 Å². The molecule has 8 heteroatoms. The summed E-state index contributed by atoms with van der Waals surface area (Å²) in [6, 6.07) is 4.82. The molecule has 214 valence electrons. The number of aromatic nitrogens is 1. The van der Waals surface area contributed by atoms with Gasteiger partial charge in [0.05, 0.1) is 12.5 Å². The van der Waals surface area contributed by atoms with E-state index in [4.69, 9.17) is 10.5 Å². The number of amides is 1. The Kier molecular flexibility index (Phi) is 14.9. The normalized spacial score (nSPS) is 18.5. The number of aliphatic hydroxyl groups is 1. The Labute approximate surface area is 233 Å². The number of carbonyl (C=O) groups excluding carboxylic acids is 2. The van der Waals surface area contributed by atoms with E-state index in [0.717, 1.165) is 5.57 Å². The lowest BCUT2D eigenvalue weighted by Crippen LogP contribution is -2.40. The fourth-order valence-corrected chi connectivity index (χ4v) is 4.94. The Hall–Kier alpha value is -3.39. The SMILES string of the molecule is C=C/C=C\[C@H](C)[C@H](OC(N)=O)[C@@H](C)[C@H](N=O)[C@@H](C)C/C(C)=C\[C@H](C)[C@@H](O)[C@@H](C)/C=C\C(=O)Cc1ccccn1. The second kappa shape index (κ2) is 17.2. The van der Waals surface area contributed by atoms with Gasteiger partial charge < -0.3 is 15.6 Å². The fraction of sp³-hybridized carbons (Fsp3) is 0.516. The molecule has 39 heavy (non-hydrogen) atoms. The summed E-state index contributed by atoms with van der Waals surface area (Å²) < 4.78 is 5.38. The summed E-state index contributed by atoms with van der Waals surface area (Å²) in [6.07, 6.45) is 10.7. The van der Waals surface area contributed by atoms with Gasteiger partial charge in [-0.25, -0.2) is 4.79 Å². The highest BCUT2D eigenvalue weighted by Crippen LogP contribution is 2.30. The van der Waals surface area contributed by atoms with Gasteiger partial charge in [0.15, 0.2) is 5.78 Å². The number of hydrogen-bond acceptors (Lipinski definition) is 7. The van der Waals surface area contributed by atoms with Crippen LogP contribution in [0.4, 0.5) is 4.79 Å². The average molecular weight is 540 g/mol. The van der Waals surface area contributed by atoms with Gasteiger partial charge in [-0.15, -0.1) is 0 Å². The van der Waals surface area contributed by atoms with Crippen molar-refractivity contribution in [2.24, 2.45) is 40.5 Å². The van der Waals surface area contributed by atoms with E-state index in [0.29, 0.717) is 12.1 Å². The van der Waals surface area contributed by atoms with Crippen molar-refractivity contribution in [3.8, 4) is 0 Å². The zero-order valence-electron chi connectivity index (χ0n) is 24.1. The quantitative estimate of drug-likeness (QED) is 0.108. The van der Waals surface area contributed by atoms with Crippen molar-refractivity contribution in [2.75, 3.05) is 0 Å². The van der Waals surface area contributed by atoms with Gasteiger partial charge in [-0.2, -0.15) is 4.91 Å². The van der Waals surface area contributed by atoms with Gasteiger partial charge in [0.1, 0.15) is 12.1 Å². The van der Waals surface area contributed by atoms with E-state index in [2.05, 4.69) is 16.7 Å². The second-order valence-corrected chi connectivity index (χ2v) is 10.6. The first kappa shape index (κ1) is 33.6. The molecule has 3 N–H and O–H groups in total. The first-order valence-electron chi connectivity index (χ1n) is 13.4. The van der Waals surface area contributed by atoms with Crippen molar-refractivity contribution < 1.29 is 19.4 Å². The summed E-state index contributed by atoms with van der Waals surface area (Å²) in [5.74, 6) is -1.21. The van der Waals surface area contributed by atoms with Gasteiger partial charge in [0.2, 0.25) is 0 Å². The Morgan fingerprint density at radius 1 is 1.13 bits per heavy atom. The number of primary amides is 1. The second-order valence-electron chi connectivity index (χ2n) is 10.6. The van der Waals surface area contributed by atoms with E-state index < -0.39 is 24.3 Å². The van der Waals surface area contributed by atoms with Crippen LogP contribution in [-0.4, -0.2) is 40.2 Å². The van der Waals surface area contributed by atoms with Crippen LogP contribution in [0.15, 0.2) is 78.2 Å². The molecule has 0 aliphatic carbocycles. The summed E-state index contributed by atoms with van der Waals surface area (Å²) in [6.45, 7) is 15.1. The summed E-state index contributed by atoms with van der Waals surface area (Å²) in [4.78, 5) is 39.9. The molecule has 1 heterocycles. The number of ketones is 1. The molecular weight excluding hydrogens is 494 g/mol. The lowest BCUT2D eigenvalue weighted by Gasteiger charge is -2.32. The lowest BCUT2D eigenvalue weighted by molar-refractivity contribution is -0.114. The molecule has 0 spiro atoms. The van der Waals surface area contributed by atoms with E-state index >= 15 is 0 Å². The number of nitrogens with zero attached hydrogens (tertiary/aromatic N) is 2. The first-order chi connectivity index (χ1) is 18.4. The minimum atomic E-state index is -0.900. The number of nitrogens with two attached hydrogens (primary N) is 1. The molecular formula is C31H45N3O5. The van der Waals surface area contributed by atoms with E-state index in [1.54, 1.807) is 36.6 Å². The molecule has 1 aromatic heterocycles. The van der Waals surface area contributed by atoms with Crippen LogP contribution < -0.4 is 5.73 Å². The molecule has 0 radical (unpaired) electrons. The van der Waals surface area contributed by atoms with Crippen molar-refractivity contribution in [1.29, 1.82) is 0 Å². The van der Waals surface area contributed by atoms with E-state index in [-0.39, 0.29) is 41.8 Å². The predicted molar refractivity (Wildman–Crippen MR) is 156 cm³/mol. The fourth-order valence-electron chi connectivity index (χ4n) is 4.94. The summed E-state index contributed by atoms with van der Waals surface area (Å²) >= 11 is 0. The zero-order chi connectivity index (χ0) is 29.5. The highest BCUT2D eigenvalue weighted by Gasteiger charge is 2.35. The van der Waals surface area contributed by atoms with Gasteiger partial charge >= 0.3 is 6.09 Å². The zero-order valence-corrected chi connectivity index (χ0v) is 24.1. The predicted octanol–water partition coefficient (Wildman–Crippen LogP) is 5.97. The lowest BCUT2D eigenvalue weighted by atomic mass is 9.80. The molecule has 8 nitrogen and oxygen atoms in total. The van der Waals surface area contributed by atoms with Gasteiger partial charge in [0, 0.05) is 35.6 Å². The molecule has 1 amide bonds. The molecule has 0 fully saturated rings. The number of aliphatic hydroxyl groups excluding tert-OH is 1. The molecule has 0 saturated carbocycles. The molecule has 0 aromatic carbocycles. The average Bonchev–Trinajstić information content (AvgIpc) is 2.89. The maximum Gasteiger partial charge on any atom is 0.404 e. The van der Waals surface area contributed by atoms with Crippen LogP contribution in [-0.2, 0) is 16.0 Å². The molecule has 0 aliphatic rings. The van der Waals surface area contributed by atoms with Crippen LogP contribution in [0.3, 0.4) is 0 Å². The topological polar surface area (TPSA) is 132 Å². The Bertz CT molecular complexity index is 1020. The Morgan fingerprint density at radius 2 is 1.82 bits per heavy atom. The van der Waals surface area contributed by atoms with Crippen LogP contribution in [0, 0.1) is 34.5 Å². The van der Waals surface area contributed by atoms with Crippen LogP contribution in [0.2, 0.25) is 0 Å². The summed E-state index contributed by atoms with van der Waals surface area (Å²) in [5, 5.41) is 14.2. The largest absolute Gasteiger partial charge is 0.445 e. The third-order valence-corrected chi connectivity index (χ3v) is 7.02. The van der Waals surface area contributed by atoms with Crippen LogP contribution >= 0.6 is 0 Å². The van der Waals surface area contributed by atoms with Crippen molar-refractivity contribution in [2.45, 2.75) is 72.6 Å². The molecule has 0 unspecified atom stereocenters. The van der Waals surface area contributed by atoms with E-state index in [1.165, 1.54) is 6.08 Å². The number of nitroso groups, excluding NO2 is 1. The molecule has 0 bridgehead atoms. The molecule has 8 atom stereocenters. The molecule has 1 aromatic rings. The minimum absolute atomic E-state index is 0.0737. The number of ether oxygens (including phenoxy) is 1. The number of hydrogen-bond donors (Lipinski definition) is 2. The Balaban J connectivity index is 2.83. The monoisotopic (exact) mass is 539 g/mol. The van der Waals surface area contributed by atoms with E-state index in [1.807, 2.05) is 59.8 Å². The molecule has 0 aliphatic heterocycles. The van der Waals surface area contributed by atoms with E-state index in [9.17, 15) is 19.6 Å². The van der Waals surface area contributed by atoms with Crippen molar-refractivity contribution in [3.63, 3.8) is 0 Å². The summed E-state index contributed by atoms with van der Waals surface area (Å²) in [7, 11) is 0. The van der Waals surface area contributed by atoms with Crippen molar-refractivity contribution >= 4 is 11.9 Å². The summed E-state index contributed by atoms with van der Waals surface area (Å²) in [5.41, 5.74) is 7.01. The highest BCUT2D eigenvalue weighted by atomic mass is 16.6. The van der Waals surface area contributed by atoms with Crippen molar-refractivity contribution in [3.05, 3.63) is 83.6 Å². The first-order valence-corrected chi connectivity index (χ1v) is 13.4. The minimum Gasteiger partial charge on any atom is -0.445 e. The van der Waals surface area contributed by atoms with Crippen molar-refractivity contribution in [1.82, 2.24) is 4.98 Å². The number of rotatable bonds is 17. The number of allylic oxidation sites excluding steroid dienone is 4. The Morgan fingerprint density at radius 3 is 2.38 bits per heavy atom. The van der Waals surface area contributed by atoms with Gasteiger partial charge in [-0.05, 0) is 37.5 Å². The highest BCUT2D eigenvalue weighted by molar-refractivity contribution is 5.91. The number of pyridine rings is 1. The van der Waals surface area contributed by atoms with Crippen LogP contribution in [0.1, 0.15) is 53.7 Å². The van der Waals surface area contributed by atoms with Gasteiger partial charge in [0.25, 0.3) is 0 Å². The number of carbonyl (C=O) groups is 2. The third-order valence-electron chi connectivity index (χ3n) is 7.02. The maximum absolute atomic E-state index is 12.3. The van der Waals surface area contributed by atoms with Gasteiger partial charge in [-0.3, -0.25) is 9.78 Å². The molecule has 0 saturated heterocycles. The standard InChI is InChI=1S/C31H45N3O5/c1-8-9-12-22(4)30(39-31(32)37)25(7)28(34-38)23(5)17-20(2)18-24(6)29(36)21(3)14-15-27(35)19-26-13-10-11-16-33-26/h8-16,18,21-25,28-30,36H,1,17,19H2,2-7H3,(H2,32,37)/b12-9-,15-14-,20-18-/t21-,22-,23-,24-,25-,28+,29-,30-/m0/s1. The van der Waals surface area contributed by atoms with Crippen LogP contribution in [0.5, 0.6) is 0 Å².